The number of carbonyl (C=O) groups is 1. The van der Waals surface area contributed by atoms with Crippen LogP contribution in [-0.2, 0) is 4.79 Å². The molecule has 4 N–H and O–H groups in total. The topological polar surface area (TPSA) is 83.8 Å². The Balaban J connectivity index is 1.73. The van der Waals surface area contributed by atoms with Crippen molar-refractivity contribution in [2.45, 2.75) is 6.04 Å². The summed E-state index contributed by atoms with van der Waals surface area (Å²) < 4.78 is 0. The Bertz CT molecular complexity index is 936. The predicted molar refractivity (Wildman–Crippen MR) is 102 cm³/mol. The third-order valence-corrected chi connectivity index (χ3v) is 4.53. The zero-order valence-corrected chi connectivity index (χ0v) is 14.7. The molecule has 1 atom stereocenters. The Morgan fingerprint density at radius 2 is 2.16 bits per heavy atom. The second-order valence-corrected chi connectivity index (χ2v) is 6.26. The summed E-state index contributed by atoms with van der Waals surface area (Å²) in [6.07, 6.45) is 6.72. The molecule has 3 aromatic rings. The van der Waals surface area contributed by atoms with E-state index in [1.807, 2.05) is 12.1 Å². The predicted octanol–water partition coefficient (Wildman–Crippen LogP) is 3.70. The number of benzene rings is 1. The minimum Gasteiger partial charge on any atom is -0.346 e. The van der Waals surface area contributed by atoms with E-state index >= 15 is 0 Å². The van der Waals surface area contributed by atoms with Crippen molar-refractivity contribution in [1.29, 1.82) is 0 Å². The maximum Gasteiger partial charge on any atom is 0.244 e. The summed E-state index contributed by atoms with van der Waals surface area (Å²) in [5.74, 6) is -0.250. The fraction of sp³-hybridized carbons (Fsp3) is 0.111. The largest absolute Gasteiger partial charge is 0.346 e. The van der Waals surface area contributed by atoms with Gasteiger partial charge in [-0.3, -0.25) is 4.79 Å². The van der Waals surface area contributed by atoms with Crippen LogP contribution in [0.2, 0.25) is 10.0 Å². The molecule has 2 aromatic heterocycles. The van der Waals surface area contributed by atoms with Crippen LogP contribution in [0.1, 0.15) is 17.2 Å². The van der Waals surface area contributed by atoms with Crippen molar-refractivity contribution in [3.05, 3.63) is 70.0 Å². The number of nitrogens with zero attached hydrogens (tertiary/aromatic N) is 1. The number of aromatic amines is 1. The first-order valence-electron chi connectivity index (χ1n) is 7.64. The third kappa shape index (κ3) is 4.02. The van der Waals surface area contributed by atoms with Gasteiger partial charge in [0.05, 0.1) is 16.1 Å². The Morgan fingerprint density at radius 1 is 1.32 bits per heavy atom. The molecule has 0 bridgehead atoms. The lowest BCUT2D eigenvalue weighted by molar-refractivity contribution is -0.117. The Labute approximate surface area is 154 Å². The molecule has 2 heterocycles. The number of rotatable bonds is 5. The first kappa shape index (κ1) is 17.5. The number of hydrogen-bond donors (Lipinski definition) is 3. The Hall–Kier alpha value is -2.34. The van der Waals surface area contributed by atoms with Crippen LogP contribution in [0, 0.1) is 0 Å². The van der Waals surface area contributed by atoms with E-state index < -0.39 is 0 Å². The van der Waals surface area contributed by atoms with E-state index in [1.54, 1.807) is 36.7 Å². The van der Waals surface area contributed by atoms with E-state index in [0.717, 1.165) is 22.2 Å². The summed E-state index contributed by atoms with van der Waals surface area (Å²) in [6, 6.07) is 8.62. The van der Waals surface area contributed by atoms with Gasteiger partial charge in [-0.05, 0) is 35.9 Å². The number of H-pyrrole nitrogens is 1. The minimum atomic E-state index is -0.350. The summed E-state index contributed by atoms with van der Waals surface area (Å²) in [4.78, 5) is 19.5. The van der Waals surface area contributed by atoms with Gasteiger partial charge in [0.15, 0.2) is 0 Å². The van der Waals surface area contributed by atoms with Crippen molar-refractivity contribution in [2.24, 2.45) is 5.73 Å². The maximum atomic E-state index is 12.2. The first-order chi connectivity index (χ1) is 12.1. The molecule has 3 rings (SSSR count). The second-order valence-electron chi connectivity index (χ2n) is 5.45. The molecule has 0 fully saturated rings. The highest BCUT2D eigenvalue weighted by Gasteiger charge is 2.13. The Kier molecular flexibility index (Phi) is 5.38. The molecular weight excluding hydrogens is 359 g/mol. The lowest BCUT2D eigenvalue weighted by atomic mass is 10.1. The van der Waals surface area contributed by atoms with Crippen molar-refractivity contribution >= 4 is 46.2 Å². The molecule has 0 saturated heterocycles. The van der Waals surface area contributed by atoms with E-state index in [4.69, 9.17) is 28.9 Å². The van der Waals surface area contributed by atoms with Gasteiger partial charge in [0.2, 0.25) is 5.91 Å². The number of pyridine rings is 1. The lowest BCUT2D eigenvalue weighted by Gasteiger charge is -2.16. The van der Waals surface area contributed by atoms with Crippen molar-refractivity contribution in [3.63, 3.8) is 0 Å². The van der Waals surface area contributed by atoms with E-state index in [2.05, 4.69) is 15.3 Å². The third-order valence-electron chi connectivity index (χ3n) is 3.80. The summed E-state index contributed by atoms with van der Waals surface area (Å²) in [5.41, 5.74) is 8.24. The molecule has 25 heavy (non-hydrogen) atoms. The fourth-order valence-electron chi connectivity index (χ4n) is 2.51. The average Bonchev–Trinajstić information content (AvgIpc) is 3.03. The van der Waals surface area contributed by atoms with Crippen molar-refractivity contribution in [3.8, 4) is 0 Å². The number of fused-ring (bicyclic) bond motifs is 1. The molecule has 0 aliphatic heterocycles. The van der Waals surface area contributed by atoms with Gasteiger partial charge in [-0.25, -0.2) is 4.98 Å². The van der Waals surface area contributed by atoms with E-state index in [9.17, 15) is 4.79 Å². The van der Waals surface area contributed by atoms with Crippen molar-refractivity contribution < 1.29 is 4.79 Å². The number of carbonyl (C=O) groups excluding carboxylic acids is 1. The molecule has 1 amide bonds. The molecule has 1 aromatic carbocycles. The van der Waals surface area contributed by atoms with Gasteiger partial charge in [-0.15, -0.1) is 0 Å². The van der Waals surface area contributed by atoms with Crippen LogP contribution >= 0.6 is 23.2 Å². The quantitative estimate of drug-likeness (QED) is 0.595. The van der Waals surface area contributed by atoms with Crippen LogP contribution in [0.15, 0.2) is 48.8 Å². The molecule has 0 aliphatic carbocycles. The van der Waals surface area contributed by atoms with Crippen molar-refractivity contribution in [2.75, 3.05) is 6.54 Å². The monoisotopic (exact) mass is 374 g/mol. The number of amides is 1. The molecule has 128 valence electrons. The fourth-order valence-corrected chi connectivity index (χ4v) is 2.81. The van der Waals surface area contributed by atoms with Gasteiger partial charge < -0.3 is 16.0 Å². The summed E-state index contributed by atoms with van der Waals surface area (Å²) >= 11 is 11.9. The van der Waals surface area contributed by atoms with Crippen LogP contribution in [0.3, 0.4) is 0 Å². The van der Waals surface area contributed by atoms with Crippen LogP contribution in [0.5, 0.6) is 0 Å². The van der Waals surface area contributed by atoms with Gasteiger partial charge in [0.25, 0.3) is 0 Å². The van der Waals surface area contributed by atoms with Gasteiger partial charge >= 0.3 is 0 Å². The standard InChI is InChI=1S/C18H16Cl2N4O/c19-14-5-3-11(8-15(14)20)16(9-21)24-17(25)6-4-12-10-23-18-13(12)2-1-7-22-18/h1-8,10,16H,9,21H2,(H,22,23)(H,24,25)/b6-4+/t16-/m1/s1. The van der Waals surface area contributed by atoms with Crippen molar-refractivity contribution in [1.82, 2.24) is 15.3 Å². The summed E-state index contributed by atoms with van der Waals surface area (Å²) in [5, 5.41) is 4.70. The Morgan fingerprint density at radius 3 is 2.92 bits per heavy atom. The summed E-state index contributed by atoms with van der Waals surface area (Å²) in [6.45, 7) is 0.245. The zero-order valence-electron chi connectivity index (χ0n) is 13.2. The van der Waals surface area contributed by atoms with Gasteiger partial charge in [-0.1, -0.05) is 29.3 Å². The number of hydrogen-bond acceptors (Lipinski definition) is 3. The second kappa shape index (κ2) is 7.70. The SMILES string of the molecule is NC[C@@H](NC(=O)/C=C/c1c[nH]c2ncccc12)c1ccc(Cl)c(Cl)c1. The number of nitrogens with one attached hydrogen (secondary N) is 2. The maximum absolute atomic E-state index is 12.2. The molecule has 0 unspecified atom stereocenters. The molecule has 7 heteroatoms. The van der Waals surface area contributed by atoms with E-state index in [-0.39, 0.29) is 18.5 Å². The van der Waals surface area contributed by atoms with E-state index in [1.165, 1.54) is 6.08 Å². The highest BCUT2D eigenvalue weighted by molar-refractivity contribution is 6.42. The highest BCUT2D eigenvalue weighted by atomic mass is 35.5. The van der Waals surface area contributed by atoms with Crippen LogP contribution in [0.25, 0.3) is 17.1 Å². The smallest absolute Gasteiger partial charge is 0.244 e. The zero-order chi connectivity index (χ0) is 17.8. The van der Waals surface area contributed by atoms with Gasteiger partial charge in [-0.2, -0.15) is 0 Å². The van der Waals surface area contributed by atoms with Crippen LogP contribution in [0.4, 0.5) is 0 Å². The van der Waals surface area contributed by atoms with Gasteiger partial charge in [0, 0.05) is 36.0 Å². The molecule has 0 aliphatic rings. The molecule has 0 radical (unpaired) electrons. The van der Waals surface area contributed by atoms with Gasteiger partial charge in [0.1, 0.15) is 5.65 Å². The number of aromatic nitrogens is 2. The normalized spacial score (nSPS) is 12.6. The van der Waals surface area contributed by atoms with Crippen LogP contribution < -0.4 is 11.1 Å². The molecule has 0 spiro atoms. The highest BCUT2D eigenvalue weighted by Crippen LogP contribution is 2.25. The molecule has 0 saturated carbocycles. The number of halogens is 2. The van der Waals surface area contributed by atoms with Crippen LogP contribution in [-0.4, -0.2) is 22.4 Å². The number of nitrogens with two attached hydrogens (primary N) is 1. The molecule has 5 nitrogen and oxygen atoms in total. The average molecular weight is 375 g/mol. The summed E-state index contributed by atoms with van der Waals surface area (Å²) in [7, 11) is 0. The van der Waals surface area contributed by atoms with E-state index in [0.29, 0.717) is 10.0 Å². The first-order valence-corrected chi connectivity index (χ1v) is 8.40. The lowest BCUT2D eigenvalue weighted by Crippen LogP contribution is -2.32. The minimum absolute atomic E-state index is 0.245. The molecular formula is C18H16Cl2N4O.